The Labute approximate surface area is 138 Å². The van der Waals surface area contributed by atoms with Crippen LogP contribution in [0.4, 0.5) is 13.2 Å². The molecule has 0 fully saturated rings. The van der Waals surface area contributed by atoms with E-state index in [1.165, 1.54) is 17.9 Å². The number of hydrogen-bond donors (Lipinski definition) is 0. The van der Waals surface area contributed by atoms with Gasteiger partial charge in [0.1, 0.15) is 11.3 Å². The van der Waals surface area contributed by atoms with Crippen LogP contribution in [0.15, 0.2) is 42.5 Å². The van der Waals surface area contributed by atoms with Gasteiger partial charge in [0, 0.05) is 11.5 Å². The van der Waals surface area contributed by atoms with E-state index in [4.69, 9.17) is 4.74 Å². The molecule has 0 N–H and O–H groups in total. The number of ether oxygens (including phenoxy) is 1. The Morgan fingerprint density at radius 3 is 2.56 bits per heavy atom. The zero-order valence-electron chi connectivity index (χ0n) is 12.8. The third-order valence-electron chi connectivity index (χ3n) is 3.69. The molecule has 0 amide bonds. The normalized spacial score (nSPS) is 12.0. The van der Waals surface area contributed by atoms with E-state index in [0.717, 1.165) is 0 Å². The number of fused-ring (bicyclic) bond motifs is 2. The van der Waals surface area contributed by atoms with Gasteiger partial charge < -0.3 is 4.74 Å². The summed E-state index contributed by atoms with van der Waals surface area (Å²) in [5.74, 6) is -0.842. The standard InChI is InChI=1S/C16H10F3N5O/c1-25-9-6-7-10-12(8-9)20-15(16(17,18)19)21-14(10)24-13-5-3-2-4-11(13)22-23-24/h2-8H,1H3. The summed E-state index contributed by atoms with van der Waals surface area (Å²) >= 11 is 0. The van der Waals surface area contributed by atoms with Crippen molar-refractivity contribution in [2.75, 3.05) is 7.11 Å². The summed E-state index contributed by atoms with van der Waals surface area (Å²) in [5, 5.41) is 8.34. The minimum absolute atomic E-state index is 0.00804. The maximum Gasteiger partial charge on any atom is 0.451 e. The fourth-order valence-corrected chi connectivity index (χ4v) is 2.53. The zero-order valence-corrected chi connectivity index (χ0v) is 12.8. The Morgan fingerprint density at radius 1 is 1.00 bits per heavy atom. The lowest BCUT2D eigenvalue weighted by atomic mass is 10.2. The number of benzene rings is 2. The highest BCUT2D eigenvalue weighted by atomic mass is 19.4. The summed E-state index contributed by atoms with van der Waals surface area (Å²) in [5.41, 5.74) is 1.21. The molecule has 0 spiro atoms. The second-order valence-corrected chi connectivity index (χ2v) is 5.24. The quantitative estimate of drug-likeness (QED) is 0.557. The van der Waals surface area contributed by atoms with Gasteiger partial charge in [-0.05, 0) is 24.3 Å². The molecule has 0 saturated heterocycles. The van der Waals surface area contributed by atoms with E-state index in [2.05, 4.69) is 20.3 Å². The first-order chi connectivity index (χ1) is 12.0. The number of methoxy groups -OCH3 is 1. The Morgan fingerprint density at radius 2 is 1.80 bits per heavy atom. The summed E-state index contributed by atoms with van der Waals surface area (Å²) < 4.78 is 46.0. The molecule has 9 heteroatoms. The molecule has 0 aliphatic carbocycles. The van der Waals surface area contributed by atoms with Gasteiger partial charge in [0.15, 0.2) is 5.82 Å². The maximum atomic E-state index is 13.2. The second-order valence-electron chi connectivity index (χ2n) is 5.24. The first-order valence-corrected chi connectivity index (χ1v) is 7.21. The minimum atomic E-state index is -4.69. The van der Waals surface area contributed by atoms with Gasteiger partial charge in [-0.15, -0.1) is 5.10 Å². The molecule has 0 bridgehead atoms. The topological polar surface area (TPSA) is 65.7 Å². The second kappa shape index (κ2) is 5.40. The molecule has 0 unspecified atom stereocenters. The summed E-state index contributed by atoms with van der Waals surface area (Å²) in [4.78, 5) is 7.33. The van der Waals surface area contributed by atoms with E-state index in [9.17, 15) is 13.2 Å². The van der Waals surface area contributed by atoms with Crippen molar-refractivity contribution in [1.29, 1.82) is 0 Å². The van der Waals surface area contributed by atoms with Crippen molar-refractivity contribution < 1.29 is 17.9 Å². The lowest BCUT2D eigenvalue weighted by molar-refractivity contribution is -0.144. The molecule has 0 aliphatic heterocycles. The lowest BCUT2D eigenvalue weighted by Gasteiger charge is -2.11. The van der Waals surface area contributed by atoms with Crippen LogP contribution in [-0.2, 0) is 6.18 Å². The number of para-hydroxylation sites is 1. The largest absolute Gasteiger partial charge is 0.497 e. The molecule has 6 nitrogen and oxygen atoms in total. The molecule has 0 atom stereocenters. The van der Waals surface area contributed by atoms with Crippen LogP contribution >= 0.6 is 0 Å². The Bertz CT molecular complexity index is 1090. The number of alkyl halides is 3. The van der Waals surface area contributed by atoms with Crippen molar-refractivity contribution in [2.45, 2.75) is 6.18 Å². The molecule has 25 heavy (non-hydrogen) atoms. The summed E-state index contributed by atoms with van der Waals surface area (Å²) in [6.07, 6.45) is -4.69. The molecule has 2 aromatic heterocycles. The Kier molecular flexibility index (Phi) is 3.31. The van der Waals surface area contributed by atoms with Gasteiger partial charge in [-0.1, -0.05) is 17.3 Å². The van der Waals surface area contributed by atoms with E-state index in [1.54, 1.807) is 36.4 Å². The SMILES string of the molecule is COc1ccc2c(-n3nnc4ccccc43)nc(C(F)(F)F)nc2c1. The lowest BCUT2D eigenvalue weighted by Crippen LogP contribution is -2.14. The first kappa shape index (κ1) is 15.3. The molecule has 2 heterocycles. The van der Waals surface area contributed by atoms with Gasteiger partial charge in [0.2, 0.25) is 5.82 Å². The van der Waals surface area contributed by atoms with E-state index in [-0.39, 0.29) is 11.3 Å². The monoisotopic (exact) mass is 345 g/mol. The van der Waals surface area contributed by atoms with Gasteiger partial charge in [0.05, 0.1) is 18.1 Å². The number of hydrogen-bond acceptors (Lipinski definition) is 5. The van der Waals surface area contributed by atoms with Crippen LogP contribution in [0.2, 0.25) is 0 Å². The van der Waals surface area contributed by atoms with Crippen molar-refractivity contribution in [2.24, 2.45) is 0 Å². The maximum absolute atomic E-state index is 13.2. The van der Waals surface area contributed by atoms with Crippen molar-refractivity contribution in [3.8, 4) is 11.6 Å². The van der Waals surface area contributed by atoms with Crippen LogP contribution in [0, 0.1) is 0 Å². The van der Waals surface area contributed by atoms with Crippen molar-refractivity contribution >= 4 is 21.9 Å². The van der Waals surface area contributed by atoms with Gasteiger partial charge >= 0.3 is 6.18 Å². The third kappa shape index (κ3) is 2.53. The number of halogens is 3. The zero-order chi connectivity index (χ0) is 17.6. The molecule has 0 saturated carbocycles. The van der Waals surface area contributed by atoms with E-state index in [0.29, 0.717) is 22.2 Å². The van der Waals surface area contributed by atoms with Crippen molar-refractivity contribution in [3.05, 3.63) is 48.3 Å². The van der Waals surface area contributed by atoms with Crippen molar-refractivity contribution in [3.63, 3.8) is 0 Å². The Balaban J connectivity index is 2.08. The predicted octanol–water partition coefficient (Wildman–Crippen LogP) is 3.39. The van der Waals surface area contributed by atoms with Crippen molar-refractivity contribution in [1.82, 2.24) is 25.0 Å². The van der Waals surface area contributed by atoms with Gasteiger partial charge in [0.25, 0.3) is 0 Å². The highest BCUT2D eigenvalue weighted by molar-refractivity contribution is 5.88. The molecular formula is C16H10F3N5O. The van der Waals surface area contributed by atoms with Gasteiger partial charge in [-0.3, -0.25) is 0 Å². The molecule has 2 aromatic carbocycles. The average molecular weight is 345 g/mol. The minimum Gasteiger partial charge on any atom is -0.497 e. The molecule has 4 rings (SSSR count). The summed E-state index contributed by atoms with van der Waals surface area (Å²) in [6, 6.07) is 11.6. The van der Waals surface area contributed by atoms with Crippen LogP contribution in [-0.4, -0.2) is 32.1 Å². The third-order valence-corrected chi connectivity index (χ3v) is 3.69. The van der Waals surface area contributed by atoms with E-state index in [1.807, 2.05) is 0 Å². The van der Waals surface area contributed by atoms with Crippen LogP contribution in [0.25, 0.3) is 27.8 Å². The van der Waals surface area contributed by atoms with E-state index < -0.39 is 12.0 Å². The number of aromatic nitrogens is 5. The van der Waals surface area contributed by atoms with E-state index >= 15 is 0 Å². The highest BCUT2D eigenvalue weighted by Gasteiger charge is 2.36. The smallest absolute Gasteiger partial charge is 0.451 e. The number of rotatable bonds is 2. The van der Waals surface area contributed by atoms with Gasteiger partial charge in [-0.2, -0.15) is 17.9 Å². The Hall–Kier alpha value is -3.23. The highest BCUT2D eigenvalue weighted by Crippen LogP contribution is 2.31. The molecule has 0 aliphatic rings. The molecule has 0 radical (unpaired) electrons. The summed E-state index contributed by atoms with van der Waals surface area (Å²) in [6.45, 7) is 0. The molecule has 126 valence electrons. The summed E-state index contributed by atoms with van der Waals surface area (Å²) in [7, 11) is 1.43. The van der Waals surface area contributed by atoms with Crippen LogP contribution in [0.5, 0.6) is 5.75 Å². The molecule has 4 aromatic rings. The first-order valence-electron chi connectivity index (χ1n) is 7.21. The van der Waals surface area contributed by atoms with Crippen LogP contribution in [0.1, 0.15) is 5.82 Å². The fraction of sp³-hybridized carbons (Fsp3) is 0.125. The van der Waals surface area contributed by atoms with Gasteiger partial charge in [-0.25, -0.2) is 9.97 Å². The fourth-order valence-electron chi connectivity index (χ4n) is 2.53. The van der Waals surface area contributed by atoms with Crippen LogP contribution < -0.4 is 4.74 Å². The molecular weight excluding hydrogens is 335 g/mol. The van der Waals surface area contributed by atoms with Crippen LogP contribution in [0.3, 0.4) is 0 Å². The average Bonchev–Trinajstić information content (AvgIpc) is 3.03. The number of nitrogens with zero attached hydrogens (tertiary/aromatic N) is 5. The predicted molar refractivity (Wildman–Crippen MR) is 83.5 cm³/mol.